The second-order valence-corrected chi connectivity index (χ2v) is 9.94. The first-order valence-corrected chi connectivity index (χ1v) is 12.7. The van der Waals surface area contributed by atoms with Gasteiger partial charge in [0.15, 0.2) is 0 Å². The van der Waals surface area contributed by atoms with Gasteiger partial charge >= 0.3 is 0 Å². The fourth-order valence-corrected chi connectivity index (χ4v) is 5.48. The number of hydrogen-bond acceptors (Lipinski definition) is 0. The Hall–Kier alpha value is -4.42. The average Bonchev–Trinajstić information content (AvgIpc) is 2.91. The first-order valence-electron chi connectivity index (χ1n) is 12.7. The maximum Gasteiger partial charge on any atom is -0.00256 e. The second-order valence-electron chi connectivity index (χ2n) is 9.94. The van der Waals surface area contributed by atoms with Gasteiger partial charge in [-0.05, 0) is 115 Å². The van der Waals surface area contributed by atoms with Crippen molar-refractivity contribution in [2.45, 2.75) is 12.8 Å². The van der Waals surface area contributed by atoms with E-state index in [1.807, 2.05) is 0 Å². The minimum Gasteiger partial charge on any atom is -0.0622 e. The Morgan fingerprint density at radius 1 is 0.250 bits per heavy atom. The van der Waals surface area contributed by atoms with E-state index in [9.17, 15) is 0 Å². The minimum atomic E-state index is 0.962. The Bertz CT molecular complexity index is 1730. The van der Waals surface area contributed by atoms with Crippen LogP contribution in [0.4, 0.5) is 0 Å². The van der Waals surface area contributed by atoms with Crippen molar-refractivity contribution < 1.29 is 0 Å². The first-order chi connectivity index (χ1) is 17.8. The van der Waals surface area contributed by atoms with Gasteiger partial charge in [0.2, 0.25) is 0 Å². The van der Waals surface area contributed by atoms with Crippen molar-refractivity contribution in [3.8, 4) is 0 Å². The van der Waals surface area contributed by atoms with Gasteiger partial charge in [0.05, 0.1) is 0 Å². The van der Waals surface area contributed by atoms with Crippen LogP contribution in [0.3, 0.4) is 0 Å². The maximum absolute atomic E-state index is 2.36. The SMILES string of the molecule is c1ccc(Cc2ccc3cc4cc5cc6ccc(Cc7ccccc7)cc6cc5cc4cc3c2)cc1. The lowest BCUT2D eigenvalue weighted by Crippen LogP contribution is -1.88. The highest BCUT2D eigenvalue weighted by molar-refractivity contribution is 6.08. The third kappa shape index (κ3) is 4.01. The van der Waals surface area contributed by atoms with Crippen LogP contribution in [0.25, 0.3) is 43.1 Å². The van der Waals surface area contributed by atoms with Crippen LogP contribution in [0.15, 0.2) is 133 Å². The molecule has 0 unspecified atom stereocenters. The van der Waals surface area contributed by atoms with E-state index in [1.165, 1.54) is 65.3 Å². The summed E-state index contributed by atoms with van der Waals surface area (Å²) in [4.78, 5) is 0. The molecule has 7 aromatic rings. The molecule has 0 bridgehead atoms. The van der Waals surface area contributed by atoms with Gasteiger partial charge in [-0.25, -0.2) is 0 Å². The van der Waals surface area contributed by atoms with E-state index in [2.05, 4.69) is 133 Å². The third-order valence-corrected chi connectivity index (χ3v) is 7.34. The molecule has 0 aliphatic rings. The molecule has 0 spiro atoms. The van der Waals surface area contributed by atoms with E-state index in [0.29, 0.717) is 0 Å². The van der Waals surface area contributed by atoms with E-state index in [0.717, 1.165) is 12.8 Å². The summed E-state index contributed by atoms with van der Waals surface area (Å²) < 4.78 is 0. The summed E-state index contributed by atoms with van der Waals surface area (Å²) in [6.07, 6.45) is 1.92. The van der Waals surface area contributed by atoms with Crippen molar-refractivity contribution in [2.75, 3.05) is 0 Å². The Kier molecular flexibility index (Phi) is 5.03. The number of benzene rings is 7. The van der Waals surface area contributed by atoms with Crippen molar-refractivity contribution >= 4 is 43.1 Å². The van der Waals surface area contributed by atoms with Crippen LogP contribution < -0.4 is 0 Å². The van der Waals surface area contributed by atoms with Crippen LogP contribution in [0.1, 0.15) is 22.3 Å². The van der Waals surface area contributed by atoms with Gasteiger partial charge in [-0.2, -0.15) is 0 Å². The van der Waals surface area contributed by atoms with Crippen molar-refractivity contribution in [2.24, 2.45) is 0 Å². The Morgan fingerprint density at radius 3 is 0.972 bits per heavy atom. The van der Waals surface area contributed by atoms with Gasteiger partial charge in [0, 0.05) is 0 Å². The van der Waals surface area contributed by atoms with Crippen LogP contribution in [-0.2, 0) is 12.8 Å². The minimum absolute atomic E-state index is 0.962. The predicted molar refractivity (Wildman–Crippen MR) is 155 cm³/mol. The summed E-state index contributed by atoms with van der Waals surface area (Å²) in [5.74, 6) is 0. The molecule has 0 N–H and O–H groups in total. The van der Waals surface area contributed by atoms with E-state index in [1.54, 1.807) is 0 Å². The summed E-state index contributed by atoms with van der Waals surface area (Å²) >= 11 is 0. The summed E-state index contributed by atoms with van der Waals surface area (Å²) in [5.41, 5.74) is 5.40. The highest BCUT2D eigenvalue weighted by Gasteiger charge is 2.06. The zero-order valence-electron chi connectivity index (χ0n) is 20.1. The quantitative estimate of drug-likeness (QED) is 0.230. The molecule has 0 heterocycles. The van der Waals surface area contributed by atoms with Crippen LogP contribution in [0, 0.1) is 0 Å². The smallest absolute Gasteiger partial charge is 0.00256 e. The molecular formula is C36H26. The van der Waals surface area contributed by atoms with Crippen LogP contribution >= 0.6 is 0 Å². The lowest BCUT2D eigenvalue weighted by molar-refractivity contribution is 1.20. The largest absolute Gasteiger partial charge is 0.0622 e. The Labute approximate surface area is 211 Å². The fraction of sp³-hybridized carbons (Fsp3) is 0.0556. The molecule has 170 valence electrons. The fourth-order valence-electron chi connectivity index (χ4n) is 5.48. The lowest BCUT2D eigenvalue weighted by atomic mass is 9.95. The molecule has 7 aromatic carbocycles. The van der Waals surface area contributed by atoms with E-state index in [4.69, 9.17) is 0 Å². The maximum atomic E-state index is 2.36. The van der Waals surface area contributed by atoms with Crippen molar-refractivity contribution in [3.05, 3.63) is 156 Å². The highest BCUT2D eigenvalue weighted by Crippen LogP contribution is 2.31. The predicted octanol–water partition coefficient (Wildman–Crippen LogP) is 9.48. The topological polar surface area (TPSA) is 0 Å². The number of hydrogen-bond donors (Lipinski definition) is 0. The van der Waals surface area contributed by atoms with E-state index < -0.39 is 0 Å². The van der Waals surface area contributed by atoms with Crippen LogP contribution in [0.2, 0.25) is 0 Å². The van der Waals surface area contributed by atoms with E-state index in [-0.39, 0.29) is 0 Å². The molecule has 0 aliphatic heterocycles. The molecule has 0 saturated heterocycles. The molecule has 7 rings (SSSR count). The van der Waals surface area contributed by atoms with Gasteiger partial charge in [0.25, 0.3) is 0 Å². The molecule has 0 heteroatoms. The van der Waals surface area contributed by atoms with Gasteiger partial charge in [0.1, 0.15) is 0 Å². The summed E-state index contributed by atoms with van der Waals surface area (Å²) in [6, 6.07) is 49.3. The Balaban J connectivity index is 1.29. The molecule has 0 fully saturated rings. The van der Waals surface area contributed by atoms with Crippen molar-refractivity contribution in [3.63, 3.8) is 0 Å². The van der Waals surface area contributed by atoms with Gasteiger partial charge in [-0.3, -0.25) is 0 Å². The van der Waals surface area contributed by atoms with Crippen molar-refractivity contribution in [1.82, 2.24) is 0 Å². The molecule has 0 aromatic heterocycles. The summed E-state index contributed by atoms with van der Waals surface area (Å²) in [6.45, 7) is 0. The van der Waals surface area contributed by atoms with Gasteiger partial charge in [-0.1, -0.05) is 97.1 Å². The molecule has 0 nitrogen and oxygen atoms in total. The van der Waals surface area contributed by atoms with Crippen LogP contribution in [0.5, 0.6) is 0 Å². The van der Waals surface area contributed by atoms with Gasteiger partial charge in [-0.15, -0.1) is 0 Å². The van der Waals surface area contributed by atoms with Gasteiger partial charge < -0.3 is 0 Å². The molecule has 0 aliphatic carbocycles. The first kappa shape index (κ1) is 20.9. The third-order valence-electron chi connectivity index (χ3n) is 7.34. The summed E-state index contributed by atoms with van der Waals surface area (Å²) in [5, 5.41) is 10.4. The summed E-state index contributed by atoms with van der Waals surface area (Å²) in [7, 11) is 0. The molecule has 36 heavy (non-hydrogen) atoms. The standard InChI is InChI=1S/C36H26/c1-3-7-25(8-4-1)15-27-11-13-29-19-33-23-34-20-30-14-12-28(16-26-9-5-2-6-10-26)18-32(30)22-36(34)24-35(33)21-31(29)17-27/h1-14,17-24H,15-16H2. The zero-order valence-corrected chi connectivity index (χ0v) is 20.1. The zero-order chi connectivity index (χ0) is 23.9. The Morgan fingerprint density at radius 2 is 0.583 bits per heavy atom. The normalized spacial score (nSPS) is 11.6. The van der Waals surface area contributed by atoms with E-state index >= 15 is 0 Å². The average molecular weight is 459 g/mol. The highest BCUT2D eigenvalue weighted by atomic mass is 14.1. The monoisotopic (exact) mass is 458 g/mol. The second kappa shape index (κ2) is 8.66. The molecule has 0 amide bonds. The molecular weight excluding hydrogens is 432 g/mol. The van der Waals surface area contributed by atoms with Crippen molar-refractivity contribution in [1.29, 1.82) is 0 Å². The lowest BCUT2D eigenvalue weighted by Gasteiger charge is -2.10. The molecule has 0 radical (unpaired) electrons. The number of rotatable bonds is 4. The van der Waals surface area contributed by atoms with Crippen LogP contribution in [-0.4, -0.2) is 0 Å². The molecule has 0 atom stereocenters. The number of fused-ring (bicyclic) bond motifs is 4. The molecule has 0 saturated carbocycles.